The van der Waals surface area contributed by atoms with Crippen molar-refractivity contribution in [3.8, 4) is 0 Å². The first-order chi connectivity index (χ1) is 8.46. The highest BCUT2D eigenvalue weighted by Crippen LogP contribution is 2.14. The zero-order chi connectivity index (χ0) is 13.2. The van der Waals surface area contributed by atoms with Crippen LogP contribution in [-0.2, 0) is 25.1 Å². The molecule has 2 rings (SSSR count). The molecular formula is C10H13N3O4S. The van der Waals surface area contributed by atoms with Crippen molar-refractivity contribution in [3.05, 3.63) is 18.1 Å². The molecule has 0 N–H and O–H groups in total. The Morgan fingerprint density at radius 3 is 2.89 bits per heavy atom. The Balaban J connectivity index is 2.23. The van der Waals surface area contributed by atoms with Gasteiger partial charge in [-0.15, -0.1) is 0 Å². The van der Waals surface area contributed by atoms with E-state index in [4.69, 9.17) is 4.74 Å². The molecule has 0 saturated carbocycles. The lowest BCUT2D eigenvalue weighted by molar-refractivity contribution is -0.125. The number of amides is 1. The zero-order valence-corrected chi connectivity index (χ0v) is 10.7. The lowest BCUT2D eigenvalue weighted by Crippen LogP contribution is -2.42. The van der Waals surface area contributed by atoms with Gasteiger partial charge < -0.3 is 4.74 Å². The molecule has 98 valence electrons. The summed E-state index contributed by atoms with van der Waals surface area (Å²) in [5.74, 6) is 0.0586. The molecule has 0 bridgehead atoms. The van der Waals surface area contributed by atoms with Crippen molar-refractivity contribution in [1.82, 2.24) is 9.97 Å². The second-order valence-corrected chi connectivity index (χ2v) is 6.18. The van der Waals surface area contributed by atoms with E-state index in [-0.39, 0.29) is 18.3 Å². The van der Waals surface area contributed by atoms with Crippen molar-refractivity contribution in [2.24, 2.45) is 0 Å². The van der Waals surface area contributed by atoms with E-state index >= 15 is 0 Å². The van der Waals surface area contributed by atoms with Crippen LogP contribution in [0.3, 0.4) is 0 Å². The van der Waals surface area contributed by atoms with Crippen LogP contribution in [0.15, 0.2) is 12.4 Å². The Morgan fingerprint density at radius 2 is 2.22 bits per heavy atom. The smallest absolute Gasteiger partial charge is 0.254 e. The lowest BCUT2D eigenvalue weighted by Gasteiger charge is -2.25. The summed E-state index contributed by atoms with van der Waals surface area (Å²) >= 11 is 0. The van der Waals surface area contributed by atoms with Crippen LogP contribution < -0.4 is 4.90 Å². The number of nitrogens with zero attached hydrogens (tertiary/aromatic N) is 3. The van der Waals surface area contributed by atoms with Crippen molar-refractivity contribution in [1.29, 1.82) is 0 Å². The highest BCUT2D eigenvalue weighted by molar-refractivity contribution is 7.89. The van der Waals surface area contributed by atoms with Crippen molar-refractivity contribution in [3.63, 3.8) is 0 Å². The SMILES string of the molecule is CS(=O)(=O)Cc1cc(N2CCOCC2=O)ncn1. The maximum atomic E-state index is 11.6. The number of carbonyl (C=O) groups is 1. The van der Waals surface area contributed by atoms with Gasteiger partial charge in [0.15, 0.2) is 9.84 Å². The Hall–Kier alpha value is -1.54. The third-order valence-corrected chi connectivity index (χ3v) is 3.20. The molecule has 1 amide bonds. The molecule has 0 unspecified atom stereocenters. The minimum Gasteiger partial charge on any atom is -0.370 e. The molecule has 18 heavy (non-hydrogen) atoms. The average Bonchev–Trinajstić information content (AvgIpc) is 2.27. The number of anilines is 1. The molecular weight excluding hydrogens is 258 g/mol. The molecule has 0 spiro atoms. The highest BCUT2D eigenvalue weighted by Gasteiger charge is 2.21. The van der Waals surface area contributed by atoms with Gasteiger partial charge in [-0.3, -0.25) is 9.69 Å². The fraction of sp³-hybridized carbons (Fsp3) is 0.500. The fourth-order valence-corrected chi connectivity index (χ4v) is 2.34. The summed E-state index contributed by atoms with van der Waals surface area (Å²) < 4.78 is 27.4. The Labute approximate surface area is 105 Å². The number of ether oxygens (including phenoxy) is 1. The number of sulfone groups is 1. The van der Waals surface area contributed by atoms with Crippen LogP contribution in [-0.4, -0.2) is 50.3 Å². The van der Waals surface area contributed by atoms with Gasteiger partial charge in [-0.1, -0.05) is 0 Å². The van der Waals surface area contributed by atoms with Crippen LogP contribution in [0.25, 0.3) is 0 Å². The molecule has 7 nitrogen and oxygen atoms in total. The van der Waals surface area contributed by atoms with E-state index in [1.807, 2.05) is 0 Å². The minimum absolute atomic E-state index is 0.0193. The molecule has 0 aromatic carbocycles. The van der Waals surface area contributed by atoms with Gasteiger partial charge in [0.05, 0.1) is 24.6 Å². The van der Waals surface area contributed by atoms with Gasteiger partial charge in [0.25, 0.3) is 5.91 Å². The van der Waals surface area contributed by atoms with Gasteiger partial charge in [0.2, 0.25) is 0 Å². The molecule has 1 aliphatic heterocycles. The summed E-state index contributed by atoms with van der Waals surface area (Å²) in [6.07, 6.45) is 2.40. The van der Waals surface area contributed by atoms with E-state index in [0.29, 0.717) is 24.7 Å². The molecule has 0 atom stereocenters. The third-order valence-electron chi connectivity index (χ3n) is 2.38. The molecule has 8 heteroatoms. The normalized spacial score (nSPS) is 16.9. The Morgan fingerprint density at radius 1 is 1.44 bits per heavy atom. The van der Waals surface area contributed by atoms with E-state index in [1.165, 1.54) is 17.3 Å². The number of hydrogen-bond donors (Lipinski definition) is 0. The Bertz CT molecular complexity index is 558. The van der Waals surface area contributed by atoms with Crippen LogP contribution in [0.1, 0.15) is 5.69 Å². The zero-order valence-electron chi connectivity index (χ0n) is 9.87. The predicted octanol–water partition coefficient (Wildman–Crippen LogP) is -0.616. The summed E-state index contributed by atoms with van der Waals surface area (Å²) in [7, 11) is -3.16. The van der Waals surface area contributed by atoms with E-state index in [0.717, 1.165) is 6.26 Å². The first-order valence-electron chi connectivity index (χ1n) is 5.32. The number of hydrogen-bond acceptors (Lipinski definition) is 6. The topological polar surface area (TPSA) is 89.5 Å². The van der Waals surface area contributed by atoms with Gasteiger partial charge in [-0.25, -0.2) is 18.4 Å². The van der Waals surface area contributed by atoms with Gasteiger partial charge in [-0.2, -0.15) is 0 Å². The van der Waals surface area contributed by atoms with E-state index < -0.39 is 9.84 Å². The monoisotopic (exact) mass is 271 g/mol. The third kappa shape index (κ3) is 3.23. The number of rotatable bonds is 3. The number of aromatic nitrogens is 2. The average molecular weight is 271 g/mol. The summed E-state index contributed by atoms with van der Waals surface area (Å²) in [6, 6.07) is 1.52. The highest BCUT2D eigenvalue weighted by atomic mass is 32.2. The molecule has 1 aromatic rings. The van der Waals surface area contributed by atoms with Crippen LogP contribution in [0.4, 0.5) is 5.82 Å². The molecule has 1 aromatic heterocycles. The van der Waals surface area contributed by atoms with Gasteiger partial charge >= 0.3 is 0 Å². The standard InChI is InChI=1S/C10H13N3O4S/c1-18(15,16)6-8-4-9(12-7-11-8)13-2-3-17-5-10(13)14/h4,7H,2-3,5-6H2,1H3. The van der Waals surface area contributed by atoms with Gasteiger partial charge in [-0.05, 0) is 0 Å². The molecule has 2 heterocycles. The second-order valence-electron chi connectivity index (χ2n) is 4.04. The molecule has 1 fully saturated rings. The maximum absolute atomic E-state index is 11.6. The Kier molecular flexibility index (Phi) is 3.58. The largest absolute Gasteiger partial charge is 0.370 e. The van der Waals surface area contributed by atoms with Crippen LogP contribution in [0, 0.1) is 0 Å². The maximum Gasteiger partial charge on any atom is 0.254 e. The first-order valence-corrected chi connectivity index (χ1v) is 7.38. The number of morpholine rings is 1. The van der Waals surface area contributed by atoms with Crippen molar-refractivity contribution in [2.75, 3.05) is 30.9 Å². The molecule has 1 saturated heterocycles. The predicted molar refractivity (Wildman–Crippen MR) is 63.8 cm³/mol. The molecule has 1 aliphatic rings. The van der Waals surface area contributed by atoms with Crippen LogP contribution >= 0.6 is 0 Å². The van der Waals surface area contributed by atoms with E-state index in [1.54, 1.807) is 0 Å². The van der Waals surface area contributed by atoms with Crippen LogP contribution in [0.5, 0.6) is 0 Å². The first kappa shape index (κ1) is 12.9. The van der Waals surface area contributed by atoms with Gasteiger partial charge in [0, 0.05) is 12.3 Å². The lowest BCUT2D eigenvalue weighted by atomic mass is 10.3. The van der Waals surface area contributed by atoms with E-state index in [9.17, 15) is 13.2 Å². The van der Waals surface area contributed by atoms with Gasteiger partial charge in [0.1, 0.15) is 18.8 Å². The van der Waals surface area contributed by atoms with Crippen molar-refractivity contribution in [2.45, 2.75) is 5.75 Å². The number of carbonyl (C=O) groups excluding carboxylic acids is 1. The van der Waals surface area contributed by atoms with Crippen molar-refractivity contribution < 1.29 is 17.9 Å². The van der Waals surface area contributed by atoms with Crippen LogP contribution in [0.2, 0.25) is 0 Å². The summed E-state index contributed by atoms with van der Waals surface area (Å²) in [6.45, 7) is 0.872. The van der Waals surface area contributed by atoms with Crippen molar-refractivity contribution >= 4 is 21.6 Å². The fourth-order valence-electron chi connectivity index (χ4n) is 1.64. The summed E-state index contributed by atoms with van der Waals surface area (Å²) in [4.78, 5) is 21.0. The minimum atomic E-state index is -3.16. The molecule has 0 radical (unpaired) electrons. The van der Waals surface area contributed by atoms with E-state index in [2.05, 4.69) is 9.97 Å². The second kappa shape index (κ2) is 4.99. The quantitative estimate of drug-likeness (QED) is 0.728. The summed E-state index contributed by atoms with van der Waals surface area (Å²) in [5, 5.41) is 0. The summed E-state index contributed by atoms with van der Waals surface area (Å²) in [5.41, 5.74) is 0.377. The molecule has 0 aliphatic carbocycles.